The van der Waals surface area contributed by atoms with E-state index in [-0.39, 0.29) is 36.3 Å². The summed E-state index contributed by atoms with van der Waals surface area (Å²) in [5, 5.41) is 15.2. The number of anilines is 2. The predicted molar refractivity (Wildman–Crippen MR) is 114 cm³/mol. The molecule has 0 aromatic heterocycles. The molecule has 2 aliphatic rings. The molecule has 30 heavy (non-hydrogen) atoms. The Balaban J connectivity index is 1.76. The molecule has 162 valence electrons. The second-order valence-corrected chi connectivity index (χ2v) is 8.13. The molecule has 10 heteroatoms. The summed E-state index contributed by atoms with van der Waals surface area (Å²) < 4.78 is 35.2. The summed E-state index contributed by atoms with van der Waals surface area (Å²) in [6, 6.07) is 4.01. The lowest BCUT2D eigenvalue weighted by atomic mass is 10.1. The van der Waals surface area contributed by atoms with Gasteiger partial charge in [-0.05, 0) is 0 Å². The largest absolute Gasteiger partial charge is 0.442 e. The average Bonchev–Trinajstić information content (AvgIpc) is 3.07. The number of cyclic esters (lactones) is 1. The van der Waals surface area contributed by atoms with E-state index in [1.54, 1.807) is 4.90 Å². The molecule has 2 aliphatic heterocycles. The normalized spacial score (nSPS) is 21.5. The van der Waals surface area contributed by atoms with Gasteiger partial charge in [-0.25, -0.2) is 13.6 Å². The van der Waals surface area contributed by atoms with Crippen LogP contribution in [-0.4, -0.2) is 56.0 Å². The van der Waals surface area contributed by atoms with Crippen LogP contribution in [0.2, 0.25) is 0 Å². The number of carbonyl (C=O) groups is 1. The minimum absolute atomic E-state index is 0.0969. The van der Waals surface area contributed by atoms with Gasteiger partial charge in [-0.1, -0.05) is 26.1 Å². The number of rotatable bonds is 6. The Bertz CT molecular complexity index is 837. The Labute approximate surface area is 180 Å². The van der Waals surface area contributed by atoms with Gasteiger partial charge < -0.3 is 20.3 Å². The molecule has 0 saturated carbocycles. The number of nitrogens with one attached hydrogen (secondary N) is 2. The highest BCUT2D eigenvalue weighted by Crippen LogP contribution is 2.32. The number of carbonyl (C=O) groups excluding carboxylic acids is 1. The zero-order chi connectivity index (χ0) is 21.8. The third kappa shape index (κ3) is 4.79. The highest BCUT2D eigenvalue weighted by Gasteiger charge is 2.34. The third-order valence-electron chi connectivity index (χ3n) is 5.18. The molecule has 0 radical (unpaired) electrons. The van der Waals surface area contributed by atoms with Crippen molar-refractivity contribution >= 4 is 34.7 Å². The number of hydrogen-bond donors (Lipinski definition) is 2. The van der Waals surface area contributed by atoms with Crippen molar-refractivity contribution in [2.45, 2.75) is 32.4 Å². The van der Waals surface area contributed by atoms with Gasteiger partial charge in [0.1, 0.15) is 11.8 Å². The highest BCUT2D eigenvalue weighted by molar-refractivity contribution is 7.80. The SMILES string of the molecule is CC(C)C(=S)NCC1CN(c2cc(F)c(N3CCNCC3CC#N)c(F)c2)C(=O)O1. The molecular formula is C20H25F2N5O2S. The summed E-state index contributed by atoms with van der Waals surface area (Å²) in [6.07, 6.45) is -0.986. The van der Waals surface area contributed by atoms with E-state index in [1.807, 2.05) is 13.8 Å². The van der Waals surface area contributed by atoms with Crippen molar-refractivity contribution in [2.24, 2.45) is 5.92 Å². The Hall–Kier alpha value is -2.51. The smallest absolute Gasteiger partial charge is 0.414 e. The Kier molecular flexibility index (Phi) is 7.05. The topological polar surface area (TPSA) is 80.6 Å². The maximum Gasteiger partial charge on any atom is 0.414 e. The lowest BCUT2D eigenvalue weighted by molar-refractivity contribution is 0.143. The standard InChI is InChI=1S/C20H25F2N5O2S/c1-12(2)19(30)25-10-15-11-27(20(28)29-15)14-7-16(21)18(17(22)8-14)26-6-5-24-9-13(26)3-4-23/h7-8,12-13,15,24H,3,5-6,9-11H2,1-2H3,(H,25,30). The molecule has 2 atom stereocenters. The van der Waals surface area contributed by atoms with Crippen LogP contribution in [0.3, 0.4) is 0 Å². The number of nitriles is 1. The van der Waals surface area contributed by atoms with Gasteiger partial charge in [-0.2, -0.15) is 5.26 Å². The quantitative estimate of drug-likeness (QED) is 0.662. The first-order valence-electron chi connectivity index (χ1n) is 9.91. The van der Waals surface area contributed by atoms with Gasteiger partial charge in [-0.15, -0.1) is 0 Å². The fourth-order valence-corrected chi connectivity index (χ4v) is 3.67. The van der Waals surface area contributed by atoms with Gasteiger partial charge in [-0.3, -0.25) is 4.90 Å². The molecule has 2 N–H and O–H groups in total. The van der Waals surface area contributed by atoms with Crippen molar-refractivity contribution in [2.75, 3.05) is 42.5 Å². The van der Waals surface area contributed by atoms with E-state index in [0.717, 1.165) is 12.1 Å². The predicted octanol–water partition coefficient (Wildman–Crippen LogP) is 2.55. The van der Waals surface area contributed by atoms with Crippen molar-refractivity contribution in [3.05, 3.63) is 23.8 Å². The van der Waals surface area contributed by atoms with Crippen molar-refractivity contribution < 1.29 is 18.3 Å². The van der Waals surface area contributed by atoms with Gasteiger partial charge in [0, 0.05) is 37.7 Å². The number of thiocarbonyl (C=S) groups is 1. The Morgan fingerprint density at radius 3 is 2.77 bits per heavy atom. The first-order chi connectivity index (χ1) is 14.3. The summed E-state index contributed by atoms with van der Waals surface area (Å²) >= 11 is 5.21. The molecule has 1 aromatic carbocycles. The van der Waals surface area contributed by atoms with Gasteiger partial charge in [0.25, 0.3) is 0 Å². The van der Waals surface area contributed by atoms with Crippen LogP contribution in [0.4, 0.5) is 25.0 Å². The highest BCUT2D eigenvalue weighted by atomic mass is 32.1. The fraction of sp³-hybridized carbons (Fsp3) is 0.550. The van der Waals surface area contributed by atoms with Crippen LogP contribution < -0.4 is 20.4 Å². The minimum Gasteiger partial charge on any atom is -0.442 e. The zero-order valence-corrected chi connectivity index (χ0v) is 17.8. The van der Waals surface area contributed by atoms with E-state index < -0.39 is 23.8 Å². The second kappa shape index (κ2) is 9.53. The van der Waals surface area contributed by atoms with Crippen LogP contribution in [0.25, 0.3) is 0 Å². The zero-order valence-electron chi connectivity index (χ0n) is 17.0. The first-order valence-corrected chi connectivity index (χ1v) is 10.3. The summed E-state index contributed by atoms with van der Waals surface area (Å²) in [7, 11) is 0. The first kappa shape index (κ1) is 22.2. The molecular weight excluding hydrogens is 412 g/mol. The lowest BCUT2D eigenvalue weighted by Crippen LogP contribution is -2.52. The van der Waals surface area contributed by atoms with Crippen LogP contribution >= 0.6 is 12.2 Å². The Morgan fingerprint density at radius 1 is 1.43 bits per heavy atom. The number of nitrogens with zero attached hydrogens (tertiary/aromatic N) is 3. The monoisotopic (exact) mass is 437 g/mol. The van der Waals surface area contributed by atoms with E-state index in [1.165, 1.54) is 4.90 Å². The summed E-state index contributed by atoms with van der Waals surface area (Å²) in [5.41, 5.74) is -0.0757. The molecule has 2 saturated heterocycles. The molecule has 0 aliphatic carbocycles. The van der Waals surface area contributed by atoms with E-state index >= 15 is 0 Å². The number of benzene rings is 1. The molecule has 3 rings (SSSR count). The third-order valence-corrected chi connectivity index (χ3v) is 5.80. The van der Waals surface area contributed by atoms with Crippen molar-refractivity contribution in [1.82, 2.24) is 10.6 Å². The van der Waals surface area contributed by atoms with Crippen LogP contribution in [0.15, 0.2) is 12.1 Å². The van der Waals surface area contributed by atoms with Gasteiger partial charge >= 0.3 is 6.09 Å². The fourth-order valence-electron chi connectivity index (χ4n) is 3.58. The number of ether oxygens (including phenoxy) is 1. The van der Waals surface area contributed by atoms with E-state index in [4.69, 9.17) is 22.2 Å². The maximum absolute atomic E-state index is 14.9. The molecule has 0 spiro atoms. The van der Waals surface area contributed by atoms with E-state index in [0.29, 0.717) is 31.2 Å². The van der Waals surface area contributed by atoms with Crippen LogP contribution in [0, 0.1) is 28.9 Å². The molecule has 2 heterocycles. The van der Waals surface area contributed by atoms with E-state index in [2.05, 4.69) is 16.7 Å². The molecule has 1 aromatic rings. The summed E-state index contributed by atoms with van der Waals surface area (Å²) in [4.78, 5) is 15.7. The maximum atomic E-state index is 14.9. The molecule has 2 fully saturated rings. The molecule has 2 unspecified atom stereocenters. The Morgan fingerprint density at radius 2 is 2.13 bits per heavy atom. The molecule has 7 nitrogen and oxygen atoms in total. The van der Waals surface area contributed by atoms with Gasteiger partial charge in [0.15, 0.2) is 11.6 Å². The van der Waals surface area contributed by atoms with Gasteiger partial charge in [0.2, 0.25) is 0 Å². The van der Waals surface area contributed by atoms with Crippen molar-refractivity contribution in [1.29, 1.82) is 5.26 Å². The summed E-state index contributed by atoms with van der Waals surface area (Å²) in [6.45, 7) is 5.82. The molecule has 1 amide bonds. The summed E-state index contributed by atoms with van der Waals surface area (Å²) in [5.74, 6) is -1.38. The van der Waals surface area contributed by atoms with Crippen LogP contribution in [0.5, 0.6) is 0 Å². The molecule has 0 bridgehead atoms. The second-order valence-electron chi connectivity index (χ2n) is 7.69. The lowest BCUT2D eigenvalue weighted by Gasteiger charge is -2.37. The average molecular weight is 438 g/mol. The minimum atomic E-state index is -0.773. The van der Waals surface area contributed by atoms with Crippen molar-refractivity contribution in [3.63, 3.8) is 0 Å². The number of hydrogen-bond acceptors (Lipinski definition) is 6. The van der Waals surface area contributed by atoms with Gasteiger partial charge in [0.05, 0.1) is 42.3 Å². The van der Waals surface area contributed by atoms with Crippen LogP contribution in [-0.2, 0) is 4.74 Å². The van der Waals surface area contributed by atoms with Crippen molar-refractivity contribution in [3.8, 4) is 6.07 Å². The van der Waals surface area contributed by atoms with E-state index in [9.17, 15) is 13.6 Å². The van der Waals surface area contributed by atoms with Crippen LogP contribution in [0.1, 0.15) is 20.3 Å². The number of halogens is 2. The number of piperazine rings is 1. The number of amides is 1.